The third-order valence-corrected chi connectivity index (χ3v) is 3.97. The minimum absolute atomic E-state index is 0.174. The van der Waals surface area contributed by atoms with E-state index in [-0.39, 0.29) is 5.69 Å². The number of nitrogens with zero attached hydrogens (tertiary/aromatic N) is 1. The summed E-state index contributed by atoms with van der Waals surface area (Å²) in [6.07, 6.45) is 3.28. The normalized spacial score (nSPS) is 24.4. The molecule has 1 aromatic rings. The Balaban J connectivity index is 1.85. The second kappa shape index (κ2) is 5.04. The summed E-state index contributed by atoms with van der Waals surface area (Å²) in [4.78, 5) is 1.83. The standard InChI is InChI=1S/C14H17F3N2/c15-10-4-5-12(14(17)13(10)16)19-7-1-6-18-11(8-19)9-2-3-9/h4-5,9,11,18H,1-3,6-8H2. The van der Waals surface area contributed by atoms with Crippen molar-refractivity contribution in [2.75, 3.05) is 24.5 Å². The summed E-state index contributed by atoms with van der Waals surface area (Å²) < 4.78 is 40.1. The molecule has 1 aromatic carbocycles. The Hall–Kier alpha value is -1.23. The Kier molecular flexibility index (Phi) is 3.39. The van der Waals surface area contributed by atoms with E-state index in [0.717, 1.165) is 19.0 Å². The molecular weight excluding hydrogens is 253 g/mol. The number of hydrogen-bond donors (Lipinski definition) is 1. The van der Waals surface area contributed by atoms with E-state index in [2.05, 4.69) is 5.32 Å². The van der Waals surface area contributed by atoms with E-state index in [1.807, 2.05) is 4.90 Å². The average Bonchev–Trinajstić information content (AvgIpc) is 3.21. The van der Waals surface area contributed by atoms with Crippen LogP contribution in [0.15, 0.2) is 12.1 Å². The number of benzene rings is 1. The second-order valence-electron chi connectivity index (χ2n) is 5.39. The van der Waals surface area contributed by atoms with Crippen molar-refractivity contribution in [3.63, 3.8) is 0 Å². The highest BCUT2D eigenvalue weighted by Gasteiger charge is 2.33. The molecule has 2 nitrogen and oxygen atoms in total. The number of hydrogen-bond acceptors (Lipinski definition) is 2. The molecule has 3 rings (SSSR count). The van der Waals surface area contributed by atoms with Crippen molar-refractivity contribution in [2.45, 2.75) is 25.3 Å². The Morgan fingerprint density at radius 1 is 1.11 bits per heavy atom. The molecule has 1 N–H and O–H groups in total. The van der Waals surface area contributed by atoms with Crippen LogP contribution in [0, 0.1) is 23.4 Å². The molecule has 0 radical (unpaired) electrons. The first kappa shape index (κ1) is 12.8. The topological polar surface area (TPSA) is 15.3 Å². The van der Waals surface area contributed by atoms with Crippen LogP contribution >= 0.6 is 0 Å². The molecule has 1 aliphatic heterocycles. The molecule has 0 amide bonds. The zero-order chi connectivity index (χ0) is 13.4. The first-order valence-corrected chi connectivity index (χ1v) is 6.78. The van der Waals surface area contributed by atoms with Crippen molar-refractivity contribution < 1.29 is 13.2 Å². The Bertz CT molecular complexity index is 474. The lowest BCUT2D eigenvalue weighted by molar-refractivity contribution is 0.443. The molecule has 1 saturated heterocycles. The van der Waals surface area contributed by atoms with Crippen LogP contribution in [0.3, 0.4) is 0 Å². The van der Waals surface area contributed by atoms with Gasteiger partial charge < -0.3 is 10.2 Å². The highest BCUT2D eigenvalue weighted by Crippen LogP contribution is 2.34. The lowest BCUT2D eigenvalue weighted by atomic mass is 10.1. The van der Waals surface area contributed by atoms with E-state index >= 15 is 0 Å². The van der Waals surface area contributed by atoms with Gasteiger partial charge in [0.25, 0.3) is 0 Å². The van der Waals surface area contributed by atoms with Crippen molar-refractivity contribution in [1.29, 1.82) is 0 Å². The fraction of sp³-hybridized carbons (Fsp3) is 0.571. The van der Waals surface area contributed by atoms with E-state index in [0.29, 0.717) is 25.0 Å². The molecule has 2 fully saturated rings. The molecule has 2 aliphatic rings. The zero-order valence-corrected chi connectivity index (χ0v) is 10.6. The second-order valence-corrected chi connectivity index (χ2v) is 5.39. The van der Waals surface area contributed by atoms with Crippen LogP contribution in [0.4, 0.5) is 18.9 Å². The maximum atomic E-state index is 13.8. The van der Waals surface area contributed by atoms with E-state index in [1.54, 1.807) is 0 Å². The molecule has 5 heteroatoms. The third kappa shape index (κ3) is 2.56. The van der Waals surface area contributed by atoms with Gasteiger partial charge in [-0.15, -0.1) is 0 Å². The SMILES string of the molecule is Fc1ccc(N2CCCNC(C3CC3)C2)c(F)c1F. The zero-order valence-electron chi connectivity index (χ0n) is 10.6. The van der Waals surface area contributed by atoms with Crippen LogP contribution in [0.25, 0.3) is 0 Å². The first-order valence-electron chi connectivity index (χ1n) is 6.78. The van der Waals surface area contributed by atoms with Gasteiger partial charge in [0.2, 0.25) is 0 Å². The molecule has 1 aliphatic carbocycles. The molecule has 0 spiro atoms. The maximum Gasteiger partial charge on any atom is 0.196 e. The number of halogens is 3. The monoisotopic (exact) mass is 270 g/mol. The predicted octanol–water partition coefficient (Wildman–Crippen LogP) is 2.68. The Labute approximate surface area is 110 Å². The van der Waals surface area contributed by atoms with Crippen molar-refractivity contribution in [2.24, 2.45) is 5.92 Å². The Morgan fingerprint density at radius 3 is 2.63 bits per heavy atom. The van der Waals surface area contributed by atoms with Crippen LogP contribution in [-0.2, 0) is 0 Å². The molecule has 1 saturated carbocycles. The molecule has 1 atom stereocenters. The molecular formula is C14H17F3N2. The summed E-state index contributed by atoms with van der Waals surface area (Å²) in [6, 6.07) is 2.66. The first-order chi connectivity index (χ1) is 9.16. The highest BCUT2D eigenvalue weighted by atomic mass is 19.2. The van der Waals surface area contributed by atoms with Gasteiger partial charge in [-0.2, -0.15) is 0 Å². The van der Waals surface area contributed by atoms with Gasteiger partial charge in [0.15, 0.2) is 17.5 Å². The van der Waals surface area contributed by atoms with Gasteiger partial charge >= 0.3 is 0 Å². The fourth-order valence-corrected chi connectivity index (χ4v) is 2.74. The van der Waals surface area contributed by atoms with Crippen LogP contribution in [0.1, 0.15) is 19.3 Å². The number of anilines is 1. The number of rotatable bonds is 2. The minimum Gasteiger partial charge on any atom is -0.367 e. The summed E-state index contributed by atoms with van der Waals surface area (Å²) in [5.74, 6) is -2.93. The minimum atomic E-state index is -1.38. The maximum absolute atomic E-state index is 13.8. The average molecular weight is 270 g/mol. The summed E-state index contributed by atoms with van der Waals surface area (Å²) in [5, 5.41) is 3.46. The van der Waals surface area contributed by atoms with Gasteiger partial charge in [-0.3, -0.25) is 0 Å². The van der Waals surface area contributed by atoms with Gasteiger partial charge in [0.05, 0.1) is 5.69 Å². The van der Waals surface area contributed by atoms with Crippen molar-refractivity contribution in [3.8, 4) is 0 Å². The van der Waals surface area contributed by atoms with Crippen LogP contribution < -0.4 is 10.2 Å². The molecule has 104 valence electrons. The van der Waals surface area contributed by atoms with Crippen LogP contribution in [0.5, 0.6) is 0 Å². The molecule has 1 unspecified atom stereocenters. The van der Waals surface area contributed by atoms with E-state index in [4.69, 9.17) is 0 Å². The van der Waals surface area contributed by atoms with Crippen LogP contribution in [0.2, 0.25) is 0 Å². The Morgan fingerprint density at radius 2 is 1.89 bits per heavy atom. The van der Waals surface area contributed by atoms with Gasteiger partial charge in [0.1, 0.15) is 0 Å². The van der Waals surface area contributed by atoms with Crippen LogP contribution in [-0.4, -0.2) is 25.7 Å². The van der Waals surface area contributed by atoms with Gasteiger partial charge in [-0.1, -0.05) is 0 Å². The van der Waals surface area contributed by atoms with Gasteiger partial charge in [-0.05, 0) is 43.9 Å². The van der Waals surface area contributed by atoms with E-state index in [1.165, 1.54) is 18.9 Å². The predicted molar refractivity (Wildman–Crippen MR) is 67.7 cm³/mol. The quantitative estimate of drug-likeness (QED) is 0.831. The highest BCUT2D eigenvalue weighted by molar-refractivity contribution is 5.49. The molecule has 0 aromatic heterocycles. The van der Waals surface area contributed by atoms with E-state index in [9.17, 15) is 13.2 Å². The number of nitrogens with one attached hydrogen (secondary N) is 1. The smallest absolute Gasteiger partial charge is 0.196 e. The summed E-state index contributed by atoms with van der Waals surface area (Å²) in [7, 11) is 0. The third-order valence-electron chi connectivity index (χ3n) is 3.97. The summed E-state index contributed by atoms with van der Waals surface area (Å²) in [6.45, 7) is 2.22. The summed E-state index contributed by atoms with van der Waals surface area (Å²) >= 11 is 0. The molecule has 1 heterocycles. The van der Waals surface area contributed by atoms with E-state index < -0.39 is 17.5 Å². The van der Waals surface area contributed by atoms with Gasteiger partial charge in [0, 0.05) is 19.1 Å². The largest absolute Gasteiger partial charge is 0.367 e. The fourth-order valence-electron chi connectivity index (χ4n) is 2.74. The lowest BCUT2D eigenvalue weighted by Crippen LogP contribution is -2.39. The lowest BCUT2D eigenvalue weighted by Gasteiger charge is -2.27. The van der Waals surface area contributed by atoms with Crippen molar-refractivity contribution >= 4 is 5.69 Å². The summed E-state index contributed by atoms with van der Waals surface area (Å²) in [5.41, 5.74) is 0.174. The van der Waals surface area contributed by atoms with Crippen molar-refractivity contribution in [3.05, 3.63) is 29.6 Å². The van der Waals surface area contributed by atoms with Crippen molar-refractivity contribution in [1.82, 2.24) is 5.32 Å². The molecule has 0 bridgehead atoms. The van der Waals surface area contributed by atoms with Gasteiger partial charge in [-0.25, -0.2) is 13.2 Å². The molecule has 19 heavy (non-hydrogen) atoms.